The number of phenolic OH excluding ortho intramolecular Hbond substituents is 4. The van der Waals surface area contributed by atoms with E-state index >= 15 is 0 Å². The molecule has 0 radical (unpaired) electrons. The van der Waals surface area contributed by atoms with Crippen molar-refractivity contribution in [3.63, 3.8) is 0 Å². The quantitative estimate of drug-likeness (QED) is 0.00917. The van der Waals surface area contributed by atoms with Gasteiger partial charge in [-0.1, -0.05) is 52.0 Å². The fourth-order valence-corrected chi connectivity index (χ4v) is 8.13. The van der Waals surface area contributed by atoms with Gasteiger partial charge in [0.25, 0.3) is 0 Å². The molecule has 0 aliphatic carbocycles. The molecule has 0 saturated carbocycles. The molecule has 4 rings (SSSR count). The predicted molar refractivity (Wildman–Crippen MR) is 327 cm³/mol. The minimum Gasteiger partial charge on any atom is -0.504 e. The van der Waals surface area contributed by atoms with Gasteiger partial charge >= 0.3 is 24.1 Å². The van der Waals surface area contributed by atoms with Crippen molar-refractivity contribution in [3.8, 4) is 46.0 Å². The van der Waals surface area contributed by atoms with Gasteiger partial charge < -0.3 is 74.5 Å². The van der Waals surface area contributed by atoms with Gasteiger partial charge in [0, 0.05) is 45.6 Å². The Kier molecular flexibility index (Phi) is 34.1. The topological polar surface area (TPSA) is 256 Å². The highest BCUT2D eigenvalue weighted by molar-refractivity contribution is 5.76. The largest absolute Gasteiger partial charge is 0.504 e. The molecule has 0 aromatic heterocycles. The first-order valence-corrected chi connectivity index (χ1v) is 28.5. The molecule has 21 heteroatoms. The van der Waals surface area contributed by atoms with E-state index in [9.17, 15) is 44.4 Å². The van der Waals surface area contributed by atoms with Crippen LogP contribution < -0.4 is 29.6 Å². The Morgan fingerprint density at radius 1 is 0.440 bits per heavy atom. The van der Waals surface area contributed by atoms with Crippen LogP contribution in [0.2, 0.25) is 0 Å². The lowest BCUT2D eigenvalue weighted by Gasteiger charge is -2.21. The summed E-state index contributed by atoms with van der Waals surface area (Å²) in [5.74, 6) is 0.578. The van der Waals surface area contributed by atoms with Crippen LogP contribution in [-0.2, 0) is 40.1 Å². The molecule has 0 unspecified atom stereocenters. The fourth-order valence-electron chi connectivity index (χ4n) is 8.13. The summed E-state index contributed by atoms with van der Waals surface area (Å²) in [4.78, 5) is 73.3. The number of ether oxygens (including phenoxy) is 4. The van der Waals surface area contributed by atoms with Crippen LogP contribution in [0, 0.1) is 23.7 Å². The number of nitrogens with one attached hydrogen (secondary N) is 2. The lowest BCUT2D eigenvalue weighted by atomic mass is 9.85. The summed E-state index contributed by atoms with van der Waals surface area (Å²) in [6, 6.07) is 20.4. The van der Waals surface area contributed by atoms with Crippen LogP contribution in [0.25, 0.3) is 0 Å². The van der Waals surface area contributed by atoms with E-state index in [4.69, 9.17) is 18.9 Å². The van der Waals surface area contributed by atoms with E-state index < -0.39 is 24.1 Å². The molecule has 4 aromatic rings. The first-order valence-electron chi connectivity index (χ1n) is 28.5. The molecule has 466 valence electrons. The van der Waals surface area contributed by atoms with Gasteiger partial charge in [-0.25, -0.2) is 19.4 Å². The molecule has 21 nitrogen and oxygen atoms in total. The van der Waals surface area contributed by atoms with Crippen LogP contribution in [0.5, 0.6) is 46.0 Å². The molecule has 0 fully saturated rings. The summed E-state index contributed by atoms with van der Waals surface area (Å²) >= 11 is 0. The third-order valence-electron chi connectivity index (χ3n) is 13.5. The average molecular weight is 1170 g/mol. The zero-order chi connectivity index (χ0) is 62.9. The number of likely N-dealkylation sites (N-methyl/N-ethyl adjacent to an activating group) is 3. The molecule has 2 amide bonds. The summed E-state index contributed by atoms with van der Waals surface area (Å²) in [5.41, 5.74) is 3.78. The highest BCUT2D eigenvalue weighted by Gasteiger charge is 2.22. The molecule has 0 spiro atoms. The van der Waals surface area contributed by atoms with E-state index in [0.717, 1.165) is 54.7 Å². The van der Waals surface area contributed by atoms with Crippen molar-refractivity contribution in [3.05, 3.63) is 95.1 Å². The van der Waals surface area contributed by atoms with Crippen molar-refractivity contribution in [2.24, 2.45) is 28.7 Å². The molecule has 0 saturated heterocycles. The maximum Gasteiger partial charge on any atom is 0.412 e. The lowest BCUT2D eigenvalue weighted by molar-refractivity contribution is -0.135. The SMILES string of the molecule is CN(C)CCN=C=O.C[C@H](Cc1ccc(O)c(O)c1)[C@@H](C)Cc1ccc(O)c(O)c1.C[C@H](Cc1ccc(OC(=O)CCCN(C)C)c(OC(=O)NCCN(C)C)c1)[C@@H](C)Cc1ccc(OC(=O)NCCN(C)C)c(OC(=O)CCCN(C)C)c1. The summed E-state index contributed by atoms with van der Waals surface area (Å²) in [6.45, 7) is 13.5. The van der Waals surface area contributed by atoms with Gasteiger partial charge in [0.1, 0.15) is 0 Å². The number of isocyanates is 1. The molecule has 84 heavy (non-hydrogen) atoms. The highest BCUT2D eigenvalue weighted by Crippen LogP contribution is 2.35. The molecule has 0 heterocycles. The Morgan fingerprint density at radius 2 is 0.762 bits per heavy atom. The van der Waals surface area contributed by atoms with E-state index in [0.29, 0.717) is 70.2 Å². The summed E-state index contributed by atoms with van der Waals surface area (Å²) < 4.78 is 22.6. The van der Waals surface area contributed by atoms with Crippen molar-refractivity contribution in [1.29, 1.82) is 0 Å². The maximum absolute atomic E-state index is 12.8. The fraction of sp³-hybridized carbons (Fsp3) is 0.540. The minimum absolute atomic E-state index is 0.0965. The number of hydrogen-bond donors (Lipinski definition) is 6. The second-order valence-electron chi connectivity index (χ2n) is 22.7. The number of esters is 2. The predicted octanol–water partition coefficient (Wildman–Crippen LogP) is 7.99. The van der Waals surface area contributed by atoms with Crippen molar-refractivity contribution in [1.82, 2.24) is 35.1 Å². The number of phenols is 4. The molecule has 0 bridgehead atoms. The molecule has 0 aliphatic rings. The van der Waals surface area contributed by atoms with Gasteiger partial charge in [-0.05, 0) is 217 Å². The van der Waals surface area contributed by atoms with Gasteiger partial charge in [0.15, 0.2) is 46.0 Å². The van der Waals surface area contributed by atoms with Crippen LogP contribution in [0.15, 0.2) is 77.8 Å². The number of nitrogens with zero attached hydrogens (tertiary/aromatic N) is 6. The van der Waals surface area contributed by atoms with Crippen LogP contribution in [-0.4, -0.2) is 198 Å². The van der Waals surface area contributed by atoms with E-state index in [2.05, 4.69) is 43.3 Å². The van der Waals surface area contributed by atoms with Gasteiger partial charge in [0.2, 0.25) is 6.08 Å². The average Bonchev–Trinajstić information content (AvgIpc) is 3.58. The zero-order valence-electron chi connectivity index (χ0n) is 52.2. The Hall–Kier alpha value is -7.26. The Bertz CT molecular complexity index is 2510. The monoisotopic (exact) mass is 1170 g/mol. The van der Waals surface area contributed by atoms with E-state index in [1.807, 2.05) is 119 Å². The molecule has 4 aromatic carbocycles. The summed E-state index contributed by atoms with van der Waals surface area (Å²) in [7, 11) is 19.3. The molecular formula is C63H96N8O13. The lowest BCUT2D eigenvalue weighted by Crippen LogP contribution is -2.33. The number of carbonyl (C=O) groups is 4. The zero-order valence-corrected chi connectivity index (χ0v) is 52.2. The third kappa shape index (κ3) is 31.4. The van der Waals surface area contributed by atoms with E-state index in [1.165, 1.54) is 18.2 Å². The van der Waals surface area contributed by atoms with E-state index in [-0.39, 0.29) is 70.7 Å². The second kappa shape index (κ2) is 39.3. The number of aliphatic imine (C=N–C) groups is 1. The summed E-state index contributed by atoms with van der Waals surface area (Å²) in [6.07, 6.45) is 4.83. The molecular weight excluding hydrogens is 1080 g/mol. The minimum atomic E-state index is -0.631. The van der Waals surface area contributed by atoms with Crippen LogP contribution in [0.1, 0.15) is 75.6 Å². The maximum atomic E-state index is 12.8. The molecule has 6 N–H and O–H groups in total. The van der Waals surface area contributed by atoms with E-state index in [1.54, 1.807) is 36.4 Å². The van der Waals surface area contributed by atoms with Crippen LogP contribution in [0.3, 0.4) is 0 Å². The number of hydrogen-bond acceptors (Lipinski definition) is 19. The van der Waals surface area contributed by atoms with Gasteiger partial charge in [0.05, 0.1) is 6.54 Å². The molecule has 4 atom stereocenters. The van der Waals surface area contributed by atoms with Crippen LogP contribution >= 0.6 is 0 Å². The molecule has 0 aliphatic heterocycles. The first-order chi connectivity index (χ1) is 39.6. The number of benzene rings is 4. The van der Waals surface area contributed by atoms with Crippen molar-refractivity contribution >= 4 is 30.2 Å². The Labute approximate surface area is 498 Å². The number of rotatable bonds is 31. The standard InChI is InChI=1S/C40H64N6O8.C18H22O4.C5H10N2O/c1-29(25-31-16-18-34(53-39(49)41-19-23-45(7)8)35(27-31)52-38(48)14-12-22-44(5)6)30(2)26-32-15-17-33(51-37(47)13-11-21-43(3)4)36(28-32)54-40(50)42-20-24-46(9)10;1-11(7-13-3-5-15(19)17(21)9-13)12(2)8-14-4-6-16(20)18(22)10-14;1-7(2)4-3-6-5-8/h15-18,27-30H,11-14,19-26H2,1-10H3,(H,41,49)(H,42,50);3-6,9-12,19-22H,7-8H2,1-2H3;3-4H2,1-2H3/t29-,30+;11-,12+;/m0../s1. The van der Waals surface area contributed by atoms with Gasteiger partial charge in [-0.2, -0.15) is 0 Å². The first kappa shape index (κ1) is 72.8. The van der Waals surface area contributed by atoms with Crippen molar-refractivity contribution in [2.45, 2.75) is 79.1 Å². The van der Waals surface area contributed by atoms with Crippen LogP contribution in [0.4, 0.5) is 9.59 Å². The normalized spacial score (nSPS) is 12.5. The number of amides is 2. The van der Waals surface area contributed by atoms with Crippen molar-refractivity contribution < 1.29 is 63.3 Å². The highest BCUT2D eigenvalue weighted by atomic mass is 16.6. The Morgan fingerprint density at radius 3 is 1.12 bits per heavy atom. The number of aromatic hydroxyl groups is 4. The van der Waals surface area contributed by atoms with Crippen molar-refractivity contribution in [2.75, 3.05) is 123 Å². The summed E-state index contributed by atoms with van der Waals surface area (Å²) in [5, 5.41) is 43.2. The Balaban J connectivity index is 0.000000651. The second-order valence-corrected chi connectivity index (χ2v) is 22.7. The van der Waals surface area contributed by atoms with Gasteiger partial charge in [-0.3, -0.25) is 9.59 Å². The third-order valence-corrected chi connectivity index (χ3v) is 13.5. The number of carbonyl (C=O) groups excluding carboxylic acids is 5. The smallest absolute Gasteiger partial charge is 0.412 e. The van der Waals surface area contributed by atoms with Gasteiger partial charge in [-0.15, -0.1) is 0 Å².